The van der Waals surface area contributed by atoms with Crippen LogP contribution in [0, 0.1) is 0 Å². The first-order chi connectivity index (χ1) is 26.6. The SMILES string of the molecule is O=C1c2cccc(-n3c4ccccc4c4c(-c5nc(-c6ccccc6)nc(-c6ccccc6)n5)cccc43)c2C(=O)N1c1ccc(-c2ccccc2)cc1. The highest BCUT2D eigenvalue weighted by molar-refractivity contribution is 6.36. The Bertz CT molecular complexity index is 2850. The molecule has 0 N–H and O–H groups in total. The highest BCUT2D eigenvalue weighted by Gasteiger charge is 2.39. The summed E-state index contributed by atoms with van der Waals surface area (Å²) in [5.41, 5.74) is 8.28. The van der Waals surface area contributed by atoms with Crippen molar-refractivity contribution >= 4 is 39.3 Å². The maximum atomic E-state index is 14.4. The van der Waals surface area contributed by atoms with Crippen molar-refractivity contribution in [3.63, 3.8) is 0 Å². The van der Waals surface area contributed by atoms with Gasteiger partial charge >= 0.3 is 0 Å². The van der Waals surface area contributed by atoms with E-state index in [0.29, 0.717) is 40.0 Å². The Kier molecular flexibility index (Phi) is 7.30. The molecule has 7 heteroatoms. The van der Waals surface area contributed by atoms with E-state index in [9.17, 15) is 9.59 Å². The average Bonchev–Trinajstić information content (AvgIpc) is 3.72. The predicted molar refractivity (Wildman–Crippen MR) is 213 cm³/mol. The van der Waals surface area contributed by atoms with Gasteiger partial charge in [0.25, 0.3) is 11.8 Å². The van der Waals surface area contributed by atoms with Crippen molar-refractivity contribution in [3.8, 4) is 51.0 Å². The molecule has 0 unspecified atom stereocenters. The van der Waals surface area contributed by atoms with E-state index in [4.69, 9.17) is 15.0 Å². The summed E-state index contributed by atoms with van der Waals surface area (Å²) in [6.07, 6.45) is 0. The van der Waals surface area contributed by atoms with Crippen molar-refractivity contribution in [1.29, 1.82) is 0 Å². The second-order valence-corrected chi connectivity index (χ2v) is 13.1. The second kappa shape index (κ2) is 12.6. The molecule has 0 saturated carbocycles. The van der Waals surface area contributed by atoms with Crippen molar-refractivity contribution in [1.82, 2.24) is 19.5 Å². The van der Waals surface area contributed by atoms with E-state index in [1.54, 1.807) is 6.07 Å². The van der Waals surface area contributed by atoms with Gasteiger partial charge in [0.1, 0.15) is 0 Å². The Balaban J connectivity index is 1.15. The lowest BCUT2D eigenvalue weighted by Crippen LogP contribution is -2.29. The van der Waals surface area contributed by atoms with E-state index in [-0.39, 0.29) is 11.8 Å². The van der Waals surface area contributed by atoms with Gasteiger partial charge in [-0.3, -0.25) is 9.59 Å². The number of nitrogens with zero attached hydrogens (tertiary/aromatic N) is 5. The van der Waals surface area contributed by atoms with Crippen LogP contribution < -0.4 is 4.90 Å². The van der Waals surface area contributed by atoms with Crippen molar-refractivity contribution in [2.24, 2.45) is 0 Å². The molecule has 0 atom stereocenters. The van der Waals surface area contributed by atoms with Crippen molar-refractivity contribution in [2.75, 3.05) is 4.90 Å². The molecule has 2 aromatic heterocycles. The van der Waals surface area contributed by atoms with E-state index in [1.165, 1.54) is 4.90 Å². The largest absolute Gasteiger partial charge is 0.308 e. The van der Waals surface area contributed by atoms with Gasteiger partial charge in [-0.15, -0.1) is 0 Å². The molecule has 1 aliphatic heterocycles. The van der Waals surface area contributed by atoms with Crippen molar-refractivity contribution < 1.29 is 9.59 Å². The van der Waals surface area contributed by atoms with Gasteiger partial charge in [-0.05, 0) is 47.5 Å². The summed E-state index contributed by atoms with van der Waals surface area (Å²) in [6.45, 7) is 0. The molecule has 0 radical (unpaired) electrons. The summed E-state index contributed by atoms with van der Waals surface area (Å²) in [5.74, 6) is 0.963. The Morgan fingerprint density at radius 3 is 1.57 bits per heavy atom. The summed E-state index contributed by atoms with van der Waals surface area (Å²) >= 11 is 0. The average molecular weight is 696 g/mol. The van der Waals surface area contributed by atoms with Crippen LogP contribution in [0.25, 0.3) is 72.8 Å². The monoisotopic (exact) mass is 695 g/mol. The molecule has 0 fully saturated rings. The number of fused-ring (bicyclic) bond motifs is 4. The Morgan fingerprint density at radius 1 is 0.389 bits per heavy atom. The molecule has 254 valence electrons. The fourth-order valence-corrected chi connectivity index (χ4v) is 7.52. The number of rotatable bonds is 6. The fraction of sp³-hybridized carbons (Fsp3) is 0. The number of aromatic nitrogens is 4. The fourth-order valence-electron chi connectivity index (χ4n) is 7.52. The standard InChI is InChI=1S/C47H29N5O2/c53-46-37-22-13-25-40(42(37)47(54)51(46)34-28-26-31(27-29-34)30-14-4-1-5-15-30)52-38-23-11-10-20-35(38)41-36(21-12-24-39(41)52)45-49-43(32-16-6-2-7-17-32)48-44(50-45)33-18-8-3-9-19-33/h1-29H. The minimum absolute atomic E-state index is 0.349. The summed E-state index contributed by atoms with van der Waals surface area (Å²) in [4.78, 5) is 44.8. The zero-order valence-corrected chi connectivity index (χ0v) is 28.8. The van der Waals surface area contributed by atoms with Crippen LogP contribution in [-0.4, -0.2) is 31.3 Å². The number of hydrogen-bond acceptors (Lipinski definition) is 5. The minimum atomic E-state index is -0.363. The topological polar surface area (TPSA) is 81.0 Å². The van der Waals surface area contributed by atoms with Crippen LogP contribution >= 0.6 is 0 Å². The molecule has 0 saturated heterocycles. The molecule has 9 aromatic rings. The Labute approximate surface area is 310 Å². The van der Waals surface area contributed by atoms with Gasteiger partial charge in [0.05, 0.1) is 33.5 Å². The van der Waals surface area contributed by atoms with Crippen LogP contribution in [0.3, 0.4) is 0 Å². The maximum Gasteiger partial charge on any atom is 0.268 e. The molecular weight excluding hydrogens is 667 g/mol. The van der Waals surface area contributed by atoms with Crippen LogP contribution in [0.15, 0.2) is 176 Å². The number of amides is 2. The van der Waals surface area contributed by atoms with Crippen LogP contribution in [0.5, 0.6) is 0 Å². The molecule has 2 amide bonds. The quantitative estimate of drug-likeness (QED) is 0.162. The molecule has 7 nitrogen and oxygen atoms in total. The lowest BCUT2D eigenvalue weighted by atomic mass is 10.1. The molecule has 0 spiro atoms. The van der Waals surface area contributed by atoms with Gasteiger partial charge < -0.3 is 4.57 Å². The first-order valence-corrected chi connectivity index (χ1v) is 17.7. The zero-order valence-electron chi connectivity index (χ0n) is 28.8. The van der Waals surface area contributed by atoms with Gasteiger partial charge in [0.15, 0.2) is 17.5 Å². The maximum absolute atomic E-state index is 14.4. The molecule has 7 aromatic carbocycles. The summed E-state index contributed by atoms with van der Waals surface area (Å²) < 4.78 is 2.08. The lowest BCUT2D eigenvalue weighted by molar-refractivity contribution is 0.0926. The third-order valence-corrected chi connectivity index (χ3v) is 10.0. The molecule has 0 aliphatic carbocycles. The Hall–Kier alpha value is -7.51. The normalized spacial score (nSPS) is 12.5. The van der Waals surface area contributed by atoms with E-state index in [0.717, 1.165) is 49.6 Å². The zero-order chi connectivity index (χ0) is 36.2. The summed E-state index contributed by atoms with van der Waals surface area (Å²) in [6, 6.07) is 57.0. The van der Waals surface area contributed by atoms with Gasteiger partial charge in [-0.1, -0.05) is 140 Å². The molecular formula is C47H29N5O2. The van der Waals surface area contributed by atoms with Crippen LogP contribution in [-0.2, 0) is 0 Å². The summed E-state index contributed by atoms with van der Waals surface area (Å²) in [5, 5.41) is 1.90. The molecule has 10 rings (SSSR count). The van der Waals surface area contributed by atoms with Crippen molar-refractivity contribution in [2.45, 2.75) is 0 Å². The third-order valence-electron chi connectivity index (χ3n) is 10.0. The number of benzene rings is 7. The molecule has 0 bridgehead atoms. The van der Waals surface area contributed by atoms with Gasteiger partial charge in [0.2, 0.25) is 0 Å². The van der Waals surface area contributed by atoms with E-state index < -0.39 is 0 Å². The van der Waals surface area contributed by atoms with Gasteiger partial charge in [-0.2, -0.15) is 0 Å². The molecule has 54 heavy (non-hydrogen) atoms. The van der Waals surface area contributed by atoms with E-state index >= 15 is 0 Å². The number of anilines is 1. The van der Waals surface area contributed by atoms with Crippen molar-refractivity contribution in [3.05, 3.63) is 187 Å². The smallest absolute Gasteiger partial charge is 0.268 e. The number of hydrogen-bond donors (Lipinski definition) is 0. The Morgan fingerprint density at radius 2 is 0.907 bits per heavy atom. The van der Waals surface area contributed by atoms with E-state index in [1.807, 2.05) is 164 Å². The number of imide groups is 1. The highest BCUT2D eigenvalue weighted by Crippen LogP contribution is 2.41. The molecule has 3 heterocycles. The highest BCUT2D eigenvalue weighted by atomic mass is 16.2. The number of para-hydroxylation sites is 1. The van der Waals surface area contributed by atoms with Gasteiger partial charge in [0, 0.05) is 27.5 Å². The first-order valence-electron chi connectivity index (χ1n) is 17.7. The van der Waals surface area contributed by atoms with Crippen LogP contribution in [0.1, 0.15) is 20.7 Å². The second-order valence-electron chi connectivity index (χ2n) is 13.1. The van der Waals surface area contributed by atoms with Gasteiger partial charge in [-0.25, -0.2) is 19.9 Å². The summed E-state index contributed by atoms with van der Waals surface area (Å²) in [7, 11) is 0. The number of carbonyl (C=O) groups excluding carboxylic acids is 2. The predicted octanol–water partition coefficient (Wildman–Crippen LogP) is 10.4. The first kappa shape index (κ1) is 31.2. The lowest BCUT2D eigenvalue weighted by Gasteiger charge is -2.15. The minimum Gasteiger partial charge on any atom is -0.308 e. The molecule has 1 aliphatic rings. The van der Waals surface area contributed by atoms with Crippen LogP contribution in [0.4, 0.5) is 5.69 Å². The van der Waals surface area contributed by atoms with E-state index in [2.05, 4.69) is 10.6 Å². The van der Waals surface area contributed by atoms with Crippen LogP contribution in [0.2, 0.25) is 0 Å². The third kappa shape index (κ3) is 5.02. The number of carbonyl (C=O) groups is 2.